The normalized spacial score (nSPS) is 11.4. The molecule has 0 aliphatic carbocycles. The van der Waals surface area contributed by atoms with E-state index in [0.29, 0.717) is 17.9 Å². The molecule has 0 atom stereocenters. The molecule has 1 aromatic carbocycles. The third kappa shape index (κ3) is 2.85. The Morgan fingerprint density at radius 2 is 2.00 bits per heavy atom. The van der Waals surface area contributed by atoms with E-state index in [0.717, 1.165) is 6.07 Å². The first-order chi connectivity index (χ1) is 7.81. The highest BCUT2D eigenvalue weighted by atomic mass is 35.5. The van der Waals surface area contributed by atoms with Crippen molar-refractivity contribution in [3.05, 3.63) is 34.4 Å². The van der Waals surface area contributed by atoms with E-state index < -0.39 is 29.0 Å². The second kappa shape index (κ2) is 4.87. The predicted octanol–water partition coefficient (Wildman–Crippen LogP) is 3.25. The Hall–Kier alpha value is -1.36. The minimum Gasteiger partial charge on any atom is -0.298 e. The molecule has 0 fully saturated rings. The van der Waals surface area contributed by atoms with Crippen molar-refractivity contribution >= 4 is 23.7 Å². The van der Waals surface area contributed by atoms with Crippen LogP contribution in [0.15, 0.2) is 12.1 Å². The summed E-state index contributed by atoms with van der Waals surface area (Å²) >= 11 is 5.25. The second-order valence-corrected chi connectivity index (χ2v) is 3.69. The lowest BCUT2D eigenvalue weighted by atomic mass is 9.97. The molecule has 0 heterocycles. The number of aryl methyl sites for hydroxylation is 1. The summed E-state index contributed by atoms with van der Waals surface area (Å²) in [6, 6.07) is 1.71. The van der Waals surface area contributed by atoms with E-state index in [9.17, 15) is 22.8 Å². The number of carbonyl (C=O) groups is 2. The van der Waals surface area contributed by atoms with Crippen LogP contribution in [-0.2, 0) is 6.18 Å². The number of rotatable bonds is 3. The fourth-order valence-corrected chi connectivity index (χ4v) is 1.53. The molecule has 0 N–H and O–H groups in total. The fourth-order valence-electron chi connectivity index (χ4n) is 1.39. The Morgan fingerprint density at radius 1 is 1.41 bits per heavy atom. The van der Waals surface area contributed by atoms with Crippen LogP contribution < -0.4 is 0 Å². The molecule has 0 aliphatic rings. The molecule has 0 aliphatic heterocycles. The molecular weight excluding hydrogens is 257 g/mol. The van der Waals surface area contributed by atoms with Crippen LogP contribution >= 0.6 is 11.6 Å². The number of benzene rings is 1. The summed E-state index contributed by atoms with van der Waals surface area (Å²) in [5.74, 6) is -1.36. The molecular formula is C11H8ClF3O2. The summed E-state index contributed by atoms with van der Waals surface area (Å²) in [4.78, 5) is 21.9. The van der Waals surface area contributed by atoms with Gasteiger partial charge in [-0.05, 0) is 24.6 Å². The zero-order valence-corrected chi connectivity index (χ0v) is 9.52. The Kier molecular flexibility index (Phi) is 3.93. The van der Waals surface area contributed by atoms with Gasteiger partial charge in [0.05, 0.1) is 11.4 Å². The zero-order valence-electron chi connectivity index (χ0n) is 8.77. The van der Waals surface area contributed by atoms with Crippen molar-refractivity contribution in [3.63, 3.8) is 0 Å². The van der Waals surface area contributed by atoms with E-state index in [-0.39, 0.29) is 5.56 Å². The average Bonchev–Trinajstić information content (AvgIpc) is 2.26. The topological polar surface area (TPSA) is 34.1 Å². The third-order valence-corrected chi connectivity index (χ3v) is 2.50. The minimum absolute atomic E-state index is 0.0940. The van der Waals surface area contributed by atoms with Crippen molar-refractivity contribution in [3.8, 4) is 0 Å². The van der Waals surface area contributed by atoms with E-state index in [1.807, 2.05) is 0 Å². The first-order valence-electron chi connectivity index (χ1n) is 4.57. The number of Topliss-reactive ketones (excluding diaryl/α,β-unsaturated/α-hetero) is 1. The van der Waals surface area contributed by atoms with Gasteiger partial charge in [-0.1, -0.05) is 0 Å². The lowest BCUT2D eigenvalue weighted by molar-refractivity contribution is -0.137. The molecule has 1 rings (SSSR count). The lowest BCUT2D eigenvalue weighted by Gasteiger charge is -2.13. The van der Waals surface area contributed by atoms with Gasteiger partial charge in [-0.25, -0.2) is 0 Å². The fraction of sp³-hybridized carbons (Fsp3) is 0.273. The minimum atomic E-state index is -4.69. The first-order valence-corrected chi connectivity index (χ1v) is 5.11. The lowest BCUT2D eigenvalue weighted by Crippen LogP contribution is -2.15. The van der Waals surface area contributed by atoms with Crippen LogP contribution in [-0.4, -0.2) is 17.9 Å². The van der Waals surface area contributed by atoms with Crippen LogP contribution in [0.5, 0.6) is 0 Å². The summed E-state index contributed by atoms with van der Waals surface area (Å²) in [5.41, 5.74) is -1.42. The summed E-state index contributed by atoms with van der Waals surface area (Å²) in [7, 11) is 0. The monoisotopic (exact) mass is 264 g/mol. The average molecular weight is 265 g/mol. The van der Waals surface area contributed by atoms with Crippen molar-refractivity contribution in [2.45, 2.75) is 13.1 Å². The predicted molar refractivity (Wildman–Crippen MR) is 56.6 cm³/mol. The number of ketones is 1. The maximum Gasteiger partial charge on any atom is 0.417 e. The Bertz CT molecular complexity index is 467. The molecule has 0 aromatic heterocycles. The largest absolute Gasteiger partial charge is 0.417 e. The van der Waals surface area contributed by atoms with E-state index in [1.165, 1.54) is 6.92 Å². The molecule has 0 unspecified atom stereocenters. The first kappa shape index (κ1) is 13.7. The third-order valence-electron chi connectivity index (χ3n) is 2.26. The van der Waals surface area contributed by atoms with E-state index in [1.54, 1.807) is 0 Å². The number of aldehydes is 1. The maximum atomic E-state index is 12.7. The molecule has 0 bridgehead atoms. The molecule has 6 heteroatoms. The highest BCUT2D eigenvalue weighted by Crippen LogP contribution is 2.33. The standard InChI is InChI=1S/C11H8ClF3O2/c1-6-2-8(10(17)4-12)9(11(13,14)15)3-7(6)5-16/h2-3,5H,4H2,1H3. The van der Waals surface area contributed by atoms with Crippen molar-refractivity contribution in [1.29, 1.82) is 0 Å². The molecule has 92 valence electrons. The van der Waals surface area contributed by atoms with Gasteiger partial charge in [0.15, 0.2) is 5.78 Å². The molecule has 2 nitrogen and oxygen atoms in total. The zero-order chi connectivity index (χ0) is 13.2. The Balaban J connectivity index is 3.52. The highest BCUT2D eigenvalue weighted by Gasteiger charge is 2.35. The van der Waals surface area contributed by atoms with Gasteiger partial charge in [0, 0.05) is 11.1 Å². The van der Waals surface area contributed by atoms with Gasteiger partial charge in [0.1, 0.15) is 6.29 Å². The number of halogens is 4. The van der Waals surface area contributed by atoms with Crippen LogP contribution in [0.2, 0.25) is 0 Å². The Morgan fingerprint density at radius 3 is 2.41 bits per heavy atom. The molecule has 0 spiro atoms. The number of hydrogen-bond acceptors (Lipinski definition) is 2. The van der Waals surface area contributed by atoms with Gasteiger partial charge < -0.3 is 0 Å². The second-order valence-electron chi connectivity index (χ2n) is 3.43. The number of carbonyl (C=O) groups excluding carboxylic acids is 2. The molecule has 0 amide bonds. The quantitative estimate of drug-likeness (QED) is 0.477. The van der Waals surface area contributed by atoms with Crippen molar-refractivity contribution in [2.24, 2.45) is 0 Å². The van der Waals surface area contributed by atoms with Gasteiger partial charge in [0.25, 0.3) is 0 Å². The summed E-state index contributed by atoms with van der Waals surface area (Å²) in [5, 5.41) is 0. The van der Waals surface area contributed by atoms with Gasteiger partial charge in [0.2, 0.25) is 0 Å². The molecule has 0 radical (unpaired) electrons. The smallest absolute Gasteiger partial charge is 0.298 e. The van der Waals surface area contributed by atoms with E-state index in [4.69, 9.17) is 11.6 Å². The number of alkyl halides is 4. The van der Waals surface area contributed by atoms with E-state index in [2.05, 4.69) is 0 Å². The van der Waals surface area contributed by atoms with Crippen molar-refractivity contribution in [2.75, 3.05) is 5.88 Å². The Labute approximate surface area is 100 Å². The molecule has 1 aromatic rings. The van der Waals surface area contributed by atoms with Crippen molar-refractivity contribution < 1.29 is 22.8 Å². The summed E-state index contributed by atoms with van der Waals surface area (Å²) < 4.78 is 38.0. The number of hydrogen-bond donors (Lipinski definition) is 0. The van der Waals surface area contributed by atoms with Crippen molar-refractivity contribution in [1.82, 2.24) is 0 Å². The van der Waals surface area contributed by atoms with Crippen LogP contribution in [0, 0.1) is 6.92 Å². The van der Waals surface area contributed by atoms with Gasteiger partial charge in [-0.2, -0.15) is 13.2 Å². The van der Waals surface area contributed by atoms with Crippen LogP contribution in [0.4, 0.5) is 13.2 Å². The molecule has 0 saturated heterocycles. The summed E-state index contributed by atoms with van der Waals surface area (Å²) in [6.45, 7) is 1.45. The maximum absolute atomic E-state index is 12.7. The van der Waals surface area contributed by atoms with Gasteiger partial charge in [-0.3, -0.25) is 9.59 Å². The van der Waals surface area contributed by atoms with Gasteiger partial charge in [-0.15, -0.1) is 11.6 Å². The van der Waals surface area contributed by atoms with Crippen LogP contribution in [0.1, 0.15) is 31.8 Å². The van der Waals surface area contributed by atoms with Crippen LogP contribution in [0.3, 0.4) is 0 Å². The van der Waals surface area contributed by atoms with E-state index >= 15 is 0 Å². The SMILES string of the molecule is Cc1cc(C(=O)CCl)c(C(F)(F)F)cc1C=O. The van der Waals surface area contributed by atoms with Gasteiger partial charge >= 0.3 is 6.18 Å². The highest BCUT2D eigenvalue weighted by molar-refractivity contribution is 6.30. The van der Waals surface area contributed by atoms with Crippen LogP contribution in [0.25, 0.3) is 0 Å². The molecule has 0 saturated carbocycles. The summed E-state index contributed by atoms with van der Waals surface area (Å²) in [6.07, 6.45) is -4.37. The molecule has 17 heavy (non-hydrogen) atoms.